The first-order valence-corrected chi connectivity index (χ1v) is 6.00. The zero-order valence-electron chi connectivity index (χ0n) is 8.45. The summed E-state index contributed by atoms with van der Waals surface area (Å²) in [6.45, 7) is 0. The lowest BCUT2D eigenvalue weighted by molar-refractivity contribution is 0.909. The second kappa shape index (κ2) is 3.86. The minimum Gasteiger partial charge on any atom is -0.268 e. The molecule has 84 valence electrons. The van der Waals surface area contributed by atoms with Gasteiger partial charge in [0, 0.05) is 0 Å². The maximum absolute atomic E-state index is 12.2. The summed E-state index contributed by atoms with van der Waals surface area (Å²) in [5.74, 6) is 0. The van der Waals surface area contributed by atoms with Crippen molar-refractivity contribution in [1.82, 2.24) is 19.7 Å². The summed E-state index contributed by atoms with van der Waals surface area (Å²) in [7, 11) is 0. The third-order valence-corrected chi connectivity index (χ3v) is 3.39. The third-order valence-electron chi connectivity index (χ3n) is 2.30. The largest absolute Gasteiger partial charge is 0.268 e. The first-order valence-electron chi connectivity index (χ1n) is 4.78. The van der Waals surface area contributed by atoms with Gasteiger partial charge in [-0.05, 0) is 24.4 Å². The molecule has 2 aromatic heterocycles. The van der Waals surface area contributed by atoms with Crippen LogP contribution in [0.3, 0.4) is 0 Å². The molecule has 0 spiro atoms. The van der Waals surface area contributed by atoms with Gasteiger partial charge in [-0.1, -0.05) is 23.5 Å². The van der Waals surface area contributed by atoms with E-state index < -0.39 is 0 Å². The Morgan fingerprint density at radius 3 is 2.94 bits per heavy atom. The summed E-state index contributed by atoms with van der Waals surface area (Å²) in [5.41, 5.74) is 0.529. The van der Waals surface area contributed by atoms with Gasteiger partial charge in [0.05, 0.1) is 10.9 Å². The monoisotopic (exact) mass is 262 g/mol. The average molecular weight is 262 g/mol. The summed E-state index contributed by atoms with van der Waals surface area (Å²) < 4.78 is 1.92. The highest BCUT2D eigenvalue weighted by molar-refractivity contribution is 7.73. The summed E-state index contributed by atoms with van der Waals surface area (Å²) >= 11 is 6.17. The Bertz CT molecular complexity index is 801. The quantitative estimate of drug-likeness (QED) is 0.680. The van der Waals surface area contributed by atoms with E-state index in [0.717, 1.165) is 0 Å². The Hall–Kier alpha value is -1.86. The molecule has 0 radical (unpaired) electrons. The topological polar surface area (TPSA) is 63.6 Å². The van der Waals surface area contributed by atoms with Crippen LogP contribution in [0.5, 0.6) is 0 Å². The molecule has 0 aliphatic heterocycles. The lowest BCUT2D eigenvalue weighted by atomic mass is 10.2. The molecule has 0 bridgehead atoms. The molecule has 0 aliphatic rings. The van der Waals surface area contributed by atoms with Crippen molar-refractivity contribution in [3.8, 4) is 5.13 Å². The fourth-order valence-corrected chi connectivity index (χ4v) is 2.38. The molecular formula is C10H6N4OS2. The lowest BCUT2D eigenvalue weighted by Gasteiger charge is -2.01. The van der Waals surface area contributed by atoms with Crippen molar-refractivity contribution in [3.63, 3.8) is 0 Å². The van der Waals surface area contributed by atoms with E-state index in [-0.39, 0.29) is 5.56 Å². The molecule has 0 amide bonds. The van der Waals surface area contributed by atoms with E-state index in [1.165, 1.54) is 22.2 Å². The number of rotatable bonds is 1. The summed E-state index contributed by atoms with van der Waals surface area (Å²) in [6.07, 6.45) is 1.46. The minimum atomic E-state index is -0.145. The number of H-pyrrole nitrogens is 1. The van der Waals surface area contributed by atoms with Crippen molar-refractivity contribution < 1.29 is 0 Å². The zero-order chi connectivity index (χ0) is 11.8. The van der Waals surface area contributed by atoms with Gasteiger partial charge in [0.2, 0.25) is 5.13 Å². The Labute approximate surface area is 104 Å². The first kappa shape index (κ1) is 10.3. The van der Waals surface area contributed by atoms with Gasteiger partial charge in [0.15, 0.2) is 3.95 Å². The lowest BCUT2D eigenvalue weighted by Crippen LogP contribution is -2.18. The Kier molecular flexibility index (Phi) is 2.34. The second-order valence-corrected chi connectivity index (χ2v) is 4.98. The molecular weight excluding hydrogens is 256 g/mol. The van der Waals surface area contributed by atoms with Crippen molar-refractivity contribution in [1.29, 1.82) is 0 Å². The van der Waals surface area contributed by atoms with Crippen LogP contribution in [0.15, 0.2) is 35.4 Å². The number of para-hydroxylation sites is 1. The van der Waals surface area contributed by atoms with Crippen LogP contribution in [0.2, 0.25) is 0 Å². The van der Waals surface area contributed by atoms with Gasteiger partial charge in [-0.25, -0.2) is 9.55 Å². The predicted molar refractivity (Wildman–Crippen MR) is 68.2 cm³/mol. The van der Waals surface area contributed by atoms with Crippen LogP contribution in [0, 0.1) is 3.95 Å². The number of fused-ring (bicyclic) bond motifs is 1. The minimum absolute atomic E-state index is 0.145. The molecule has 0 saturated carbocycles. The number of hydrogen-bond donors (Lipinski definition) is 1. The van der Waals surface area contributed by atoms with E-state index in [2.05, 4.69) is 15.2 Å². The van der Waals surface area contributed by atoms with Gasteiger partial charge in [0.25, 0.3) is 5.56 Å². The maximum atomic E-state index is 12.2. The molecule has 0 aliphatic carbocycles. The van der Waals surface area contributed by atoms with Crippen LogP contribution in [0.4, 0.5) is 0 Å². The van der Waals surface area contributed by atoms with Crippen molar-refractivity contribution in [2.75, 3.05) is 0 Å². The number of benzene rings is 1. The number of aromatic nitrogens is 4. The van der Waals surface area contributed by atoms with E-state index in [1.807, 2.05) is 12.1 Å². The fraction of sp³-hybridized carbons (Fsp3) is 0. The van der Waals surface area contributed by atoms with E-state index in [1.54, 1.807) is 12.1 Å². The highest BCUT2D eigenvalue weighted by Gasteiger charge is 2.07. The Morgan fingerprint density at radius 1 is 1.35 bits per heavy atom. The molecule has 2 heterocycles. The Balaban J connectivity index is 2.36. The summed E-state index contributed by atoms with van der Waals surface area (Å²) in [5, 5.41) is 7.67. The van der Waals surface area contributed by atoms with Crippen LogP contribution in [0.1, 0.15) is 0 Å². The molecule has 17 heavy (non-hydrogen) atoms. The molecule has 0 atom stereocenters. The third kappa shape index (κ3) is 1.69. The van der Waals surface area contributed by atoms with E-state index >= 15 is 0 Å². The van der Waals surface area contributed by atoms with E-state index in [4.69, 9.17) is 12.2 Å². The highest BCUT2D eigenvalue weighted by atomic mass is 32.1. The summed E-state index contributed by atoms with van der Waals surface area (Å²) in [6, 6.07) is 7.19. The first-order chi connectivity index (χ1) is 8.25. The van der Waals surface area contributed by atoms with Crippen molar-refractivity contribution >= 4 is 34.5 Å². The smallest absolute Gasteiger partial charge is 0.267 e. The number of nitrogens with zero attached hydrogens (tertiary/aromatic N) is 3. The van der Waals surface area contributed by atoms with Gasteiger partial charge in [0.1, 0.15) is 6.33 Å². The van der Waals surface area contributed by atoms with Gasteiger partial charge < -0.3 is 0 Å². The van der Waals surface area contributed by atoms with Gasteiger partial charge in [-0.2, -0.15) is 0 Å². The molecule has 3 rings (SSSR count). The van der Waals surface area contributed by atoms with Crippen molar-refractivity contribution in [2.45, 2.75) is 0 Å². The van der Waals surface area contributed by atoms with Crippen LogP contribution in [-0.2, 0) is 0 Å². The highest BCUT2D eigenvalue weighted by Crippen LogP contribution is 2.11. The number of aromatic amines is 1. The number of hydrogen-bond acceptors (Lipinski definition) is 5. The maximum Gasteiger partial charge on any atom is 0.267 e. The van der Waals surface area contributed by atoms with Crippen LogP contribution in [-0.4, -0.2) is 19.7 Å². The molecule has 1 aromatic carbocycles. The molecule has 5 nitrogen and oxygen atoms in total. The van der Waals surface area contributed by atoms with Crippen molar-refractivity contribution in [3.05, 3.63) is 44.9 Å². The Morgan fingerprint density at radius 2 is 2.18 bits per heavy atom. The van der Waals surface area contributed by atoms with Crippen LogP contribution >= 0.6 is 23.6 Å². The normalized spacial score (nSPS) is 10.8. The molecule has 0 fully saturated rings. The van der Waals surface area contributed by atoms with E-state index in [0.29, 0.717) is 20.0 Å². The van der Waals surface area contributed by atoms with E-state index in [9.17, 15) is 4.79 Å². The molecule has 0 saturated heterocycles. The number of nitrogens with one attached hydrogen (secondary N) is 1. The van der Waals surface area contributed by atoms with Gasteiger partial charge in [-0.3, -0.25) is 9.89 Å². The molecule has 0 unspecified atom stereocenters. The molecule has 7 heteroatoms. The molecule has 1 N–H and O–H groups in total. The van der Waals surface area contributed by atoms with Crippen molar-refractivity contribution in [2.24, 2.45) is 0 Å². The summed E-state index contributed by atoms with van der Waals surface area (Å²) in [4.78, 5) is 16.4. The average Bonchev–Trinajstić information content (AvgIpc) is 2.77. The second-order valence-electron chi connectivity index (χ2n) is 3.33. The standard InChI is InChI=1S/C10H6N4OS2/c15-8-6-3-1-2-4-7(6)11-5-14(8)9-12-13-10(16)17-9/h1-5H,(H,13,16). The van der Waals surface area contributed by atoms with Gasteiger partial charge in [-0.15, -0.1) is 5.10 Å². The molecule has 3 aromatic rings. The van der Waals surface area contributed by atoms with Crippen LogP contribution in [0.25, 0.3) is 16.0 Å². The van der Waals surface area contributed by atoms with Crippen LogP contribution < -0.4 is 5.56 Å². The zero-order valence-corrected chi connectivity index (χ0v) is 10.1. The predicted octanol–water partition coefficient (Wildman–Crippen LogP) is 1.90. The van der Waals surface area contributed by atoms with Gasteiger partial charge >= 0.3 is 0 Å². The fourth-order valence-electron chi connectivity index (χ4n) is 1.53. The SMILES string of the molecule is O=c1c2ccccc2ncn1-c1n[nH]c(=S)s1.